The quantitative estimate of drug-likeness (QED) is 0.457. The molecule has 0 saturated heterocycles. The maximum Gasteiger partial charge on any atom is 0.277 e. The summed E-state index contributed by atoms with van der Waals surface area (Å²) >= 11 is 6.14. The van der Waals surface area contributed by atoms with E-state index < -0.39 is 0 Å². The number of benzene rings is 2. The van der Waals surface area contributed by atoms with Crippen molar-refractivity contribution in [3.63, 3.8) is 0 Å². The third kappa shape index (κ3) is 5.13. The zero-order valence-corrected chi connectivity index (χ0v) is 18.0. The molecule has 8 heteroatoms. The first-order chi connectivity index (χ1) is 15.0. The number of hydrogen-bond donors (Lipinski definition) is 1. The molecular weight excluding hydrogens is 414 g/mol. The Morgan fingerprint density at radius 3 is 2.68 bits per heavy atom. The smallest absolute Gasteiger partial charge is 0.277 e. The molecule has 0 fully saturated rings. The van der Waals surface area contributed by atoms with Crippen LogP contribution >= 0.6 is 11.6 Å². The number of ether oxygens (including phenoxy) is 1. The van der Waals surface area contributed by atoms with Gasteiger partial charge in [0.05, 0.1) is 11.6 Å². The standard InChI is InChI=1S/C23H22ClN5O2/c1-16-7-8-19(24)21(13-16)31-15-29-11-9-20(26-29)23(30)25-22-10-12-28(27-22)14-18-6-4-3-5-17(18)2/h3-13H,14-15H2,1-2H3,(H,25,27,30). The predicted octanol–water partition coefficient (Wildman–Crippen LogP) is 4.69. The van der Waals surface area contributed by atoms with E-state index in [4.69, 9.17) is 16.3 Å². The van der Waals surface area contributed by atoms with Gasteiger partial charge in [0, 0.05) is 18.5 Å². The lowest BCUT2D eigenvalue weighted by Crippen LogP contribution is -2.15. The number of rotatable bonds is 7. The van der Waals surface area contributed by atoms with E-state index in [1.54, 1.807) is 29.1 Å². The van der Waals surface area contributed by atoms with E-state index in [0.29, 0.717) is 23.1 Å². The molecule has 0 aliphatic rings. The molecule has 0 aliphatic heterocycles. The van der Waals surface area contributed by atoms with Gasteiger partial charge in [-0.05, 0) is 48.7 Å². The van der Waals surface area contributed by atoms with Crippen LogP contribution in [0.1, 0.15) is 27.2 Å². The first-order valence-corrected chi connectivity index (χ1v) is 10.2. The Morgan fingerprint density at radius 2 is 1.84 bits per heavy atom. The van der Waals surface area contributed by atoms with Gasteiger partial charge in [-0.15, -0.1) is 0 Å². The topological polar surface area (TPSA) is 74.0 Å². The monoisotopic (exact) mass is 435 g/mol. The van der Waals surface area contributed by atoms with Crippen LogP contribution in [-0.2, 0) is 13.3 Å². The summed E-state index contributed by atoms with van der Waals surface area (Å²) in [6, 6.07) is 17.1. The molecule has 158 valence electrons. The largest absolute Gasteiger partial charge is 0.470 e. The summed E-state index contributed by atoms with van der Waals surface area (Å²) in [7, 11) is 0. The van der Waals surface area contributed by atoms with Crippen molar-refractivity contribution in [3.05, 3.63) is 94.4 Å². The predicted molar refractivity (Wildman–Crippen MR) is 120 cm³/mol. The molecule has 0 atom stereocenters. The minimum absolute atomic E-state index is 0.140. The first-order valence-electron chi connectivity index (χ1n) is 9.79. The third-order valence-electron chi connectivity index (χ3n) is 4.79. The molecule has 2 heterocycles. The van der Waals surface area contributed by atoms with Crippen LogP contribution in [0.25, 0.3) is 0 Å². The van der Waals surface area contributed by atoms with E-state index in [9.17, 15) is 4.79 Å². The zero-order chi connectivity index (χ0) is 21.8. The Labute approximate surface area is 185 Å². The summed E-state index contributed by atoms with van der Waals surface area (Å²) in [5.74, 6) is 0.701. The van der Waals surface area contributed by atoms with E-state index in [-0.39, 0.29) is 18.3 Å². The van der Waals surface area contributed by atoms with E-state index in [0.717, 1.165) is 5.56 Å². The van der Waals surface area contributed by atoms with Crippen molar-refractivity contribution in [3.8, 4) is 5.75 Å². The summed E-state index contributed by atoms with van der Waals surface area (Å²) in [4.78, 5) is 12.5. The fraction of sp³-hybridized carbons (Fsp3) is 0.174. The normalized spacial score (nSPS) is 10.8. The van der Waals surface area contributed by atoms with Crippen molar-refractivity contribution in [2.75, 3.05) is 5.32 Å². The second-order valence-corrected chi connectivity index (χ2v) is 7.63. The van der Waals surface area contributed by atoms with Gasteiger partial charge in [-0.1, -0.05) is 41.9 Å². The second kappa shape index (κ2) is 9.06. The van der Waals surface area contributed by atoms with Crippen molar-refractivity contribution in [2.24, 2.45) is 0 Å². The number of halogens is 1. The van der Waals surface area contributed by atoms with E-state index in [2.05, 4.69) is 34.6 Å². The lowest BCUT2D eigenvalue weighted by atomic mass is 10.1. The van der Waals surface area contributed by atoms with Gasteiger partial charge in [0.25, 0.3) is 5.91 Å². The Morgan fingerprint density at radius 1 is 1.03 bits per heavy atom. The van der Waals surface area contributed by atoms with Gasteiger partial charge in [0.15, 0.2) is 18.2 Å². The van der Waals surface area contributed by atoms with Crippen molar-refractivity contribution in [2.45, 2.75) is 27.1 Å². The van der Waals surface area contributed by atoms with Gasteiger partial charge in [-0.3, -0.25) is 9.48 Å². The minimum atomic E-state index is -0.339. The number of aryl methyl sites for hydroxylation is 2. The molecule has 4 aromatic rings. The number of nitrogens with one attached hydrogen (secondary N) is 1. The van der Waals surface area contributed by atoms with Crippen LogP contribution in [-0.4, -0.2) is 25.5 Å². The SMILES string of the molecule is Cc1ccc(Cl)c(OCn2ccc(C(=O)Nc3ccn(Cc4ccccc4C)n3)n2)c1. The van der Waals surface area contributed by atoms with Crippen molar-refractivity contribution < 1.29 is 9.53 Å². The van der Waals surface area contributed by atoms with Crippen LogP contribution in [0.3, 0.4) is 0 Å². The van der Waals surface area contributed by atoms with Crippen LogP contribution in [0, 0.1) is 13.8 Å². The lowest BCUT2D eigenvalue weighted by molar-refractivity contribution is 0.101. The molecule has 0 unspecified atom stereocenters. The molecule has 0 bridgehead atoms. The Kier molecular flexibility index (Phi) is 6.04. The molecular formula is C23H22ClN5O2. The van der Waals surface area contributed by atoms with Crippen molar-refractivity contribution >= 4 is 23.3 Å². The summed E-state index contributed by atoms with van der Waals surface area (Å²) in [5, 5.41) is 12.0. The van der Waals surface area contributed by atoms with Gasteiger partial charge in [-0.2, -0.15) is 10.2 Å². The van der Waals surface area contributed by atoms with Gasteiger partial charge < -0.3 is 10.1 Å². The molecule has 0 spiro atoms. The van der Waals surface area contributed by atoms with Gasteiger partial charge in [-0.25, -0.2) is 4.68 Å². The minimum Gasteiger partial charge on any atom is -0.470 e. The number of hydrogen-bond acceptors (Lipinski definition) is 4. The van der Waals surface area contributed by atoms with Gasteiger partial charge in [0.1, 0.15) is 5.75 Å². The molecule has 2 aromatic carbocycles. The summed E-state index contributed by atoms with van der Waals surface area (Å²) in [6.45, 7) is 4.80. The molecule has 4 rings (SSSR count). The van der Waals surface area contributed by atoms with Crippen molar-refractivity contribution in [1.82, 2.24) is 19.6 Å². The van der Waals surface area contributed by atoms with Crippen LogP contribution in [0.5, 0.6) is 5.75 Å². The Bertz CT molecular complexity index is 1210. The maximum atomic E-state index is 12.5. The highest BCUT2D eigenvalue weighted by Gasteiger charge is 2.12. The number of carbonyl (C=O) groups is 1. The average molecular weight is 436 g/mol. The summed E-state index contributed by atoms with van der Waals surface area (Å²) in [5.41, 5.74) is 3.69. The van der Waals surface area contributed by atoms with Crippen LogP contribution in [0.15, 0.2) is 67.0 Å². The van der Waals surface area contributed by atoms with E-state index >= 15 is 0 Å². The van der Waals surface area contributed by atoms with E-state index in [1.807, 2.05) is 37.4 Å². The number of carbonyl (C=O) groups excluding carboxylic acids is 1. The van der Waals surface area contributed by atoms with E-state index in [1.165, 1.54) is 15.8 Å². The maximum absolute atomic E-state index is 12.5. The van der Waals surface area contributed by atoms with Crippen LogP contribution < -0.4 is 10.1 Å². The van der Waals surface area contributed by atoms with Crippen molar-refractivity contribution in [1.29, 1.82) is 0 Å². The number of nitrogens with zero attached hydrogens (tertiary/aromatic N) is 4. The number of anilines is 1. The molecule has 1 amide bonds. The highest BCUT2D eigenvalue weighted by Crippen LogP contribution is 2.25. The molecule has 0 saturated carbocycles. The highest BCUT2D eigenvalue weighted by atomic mass is 35.5. The summed E-state index contributed by atoms with van der Waals surface area (Å²) < 4.78 is 9.03. The summed E-state index contributed by atoms with van der Waals surface area (Å²) in [6.07, 6.45) is 3.51. The number of amides is 1. The highest BCUT2D eigenvalue weighted by molar-refractivity contribution is 6.32. The fourth-order valence-corrected chi connectivity index (χ4v) is 3.24. The van der Waals surface area contributed by atoms with Crippen LogP contribution in [0.4, 0.5) is 5.82 Å². The average Bonchev–Trinajstić information content (AvgIpc) is 3.40. The number of aromatic nitrogens is 4. The third-order valence-corrected chi connectivity index (χ3v) is 5.10. The van der Waals surface area contributed by atoms with Gasteiger partial charge >= 0.3 is 0 Å². The first kappa shape index (κ1) is 20.7. The Hall–Kier alpha value is -3.58. The Balaban J connectivity index is 1.35. The zero-order valence-electron chi connectivity index (χ0n) is 17.2. The molecule has 0 aliphatic carbocycles. The van der Waals surface area contributed by atoms with Gasteiger partial charge in [0.2, 0.25) is 0 Å². The molecule has 0 radical (unpaired) electrons. The molecule has 2 aromatic heterocycles. The van der Waals surface area contributed by atoms with Crippen LogP contribution in [0.2, 0.25) is 5.02 Å². The molecule has 7 nitrogen and oxygen atoms in total. The molecule has 1 N–H and O–H groups in total. The second-order valence-electron chi connectivity index (χ2n) is 7.23. The lowest BCUT2D eigenvalue weighted by Gasteiger charge is -2.08. The molecule has 31 heavy (non-hydrogen) atoms. The fourth-order valence-electron chi connectivity index (χ4n) is 3.07.